The van der Waals surface area contributed by atoms with E-state index in [2.05, 4.69) is 21.2 Å². The van der Waals surface area contributed by atoms with Crippen molar-refractivity contribution in [3.05, 3.63) is 63.1 Å². The second-order valence-corrected chi connectivity index (χ2v) is 5.56. The molecule has 0 radical (unpaired) electrons. The molecule has 0 aliphatic carbocycles. The van der Waals surface area contributed by atoms with Gasteiger partial charge in [0, 0.05) is 15.7 Å². The molecular formula is C16H14BrNO3. The van der Waals surface area contributed by atoms with Crippen LogP contribution in [-0.4, -0.2) is 17.0 Å². The summed E-state index contributed by atoms with van der Waals surface area (Å²) in [6, 6.07) is 10.0. The summed E-state index contributed by atoms with van der Waals surface area (Å²) >= 11 is 3.39. The summed E-state index contributed by atoms with van der Waals surface area (Å²) in [5, 5.41) is 11.8. The first kappa shape index (κ1) is 15.3. The lowest BCUT2D eigenvalue weighted by Crippen LogP contribution is -2.15. The number of hydrogen-bond acceptors (Lipinski definition) is 2. The summed E-state index contributed by atoms with van der Waals surface area (Å²) in [4.78, 5) is 23.3. The molecule has 0 bridgehead atoms. The maximum absolute atomic E-state index is 12.3. The lowest BCUT2D eigenvalue weighted by molar-refractivity contribution is 0.0696. The number of carbonyl (C=O) groups is 2. The van der Waals surface area contributed by atoms with Gasteiger partial charge in [0.1, 0.15) is 0 Å². The van der Waals surface area contributed by atoms with Crippen molar-refractivity contribution in [1.82, 2.24) is 0 Å². The molecule has 2 rings (SSSR count). The summed E-state index contributed by atoms with van der Waals surface area (Å²) in [6.07, 6.45) is 0. The monoisotopic (exact) mass is 347 g/mol. The number of benzene rings is 2. The van der Waals surface area contributed by atoms with Gasteiger partial charge in [0.05, 0.1) is 5.56 Å². The molecule has 0 unspecified atom stereocenters. The fourth-order valence-corrected chi connectivity index (χ4v) is 2.30. The Hall–Kier alpha value is -2.14. The van der Waals surface area contributed by atoms with Crippen LogP contribution < -0.4 is 5.32 Å². The number of nitrogens with one attached hydrogen (secondary N) is 1. The summed E-state index contributed by atoms with van der Waals surface area (Å²) in [7, 11) is 0. The number of aromatic carboxylic acids is 1. The molecule has 0 saturated carbocycles. The van der Waals surface area contributed by atoms with Crippen LogP contribution in [0.15, 0.2) is 40.9 Å². The first-order valence-electron chi connectivity index (χ1n) is 6.30. The number of hydrogen-bond donors (Lipinski definition) is 2. The number of carboxylic acid groups (broad SMARTS) is 1. The molecular weight excluding hydrogens is 334 g/mol. The summed E-state index contributed by atoms with van der Waals surface area (Å²) in [6.45, 7) is 3.66. The Morgan fingerprint density at radius 3 is 2.52 bits per heavy atom. The van der Waals surface area contributed by atoms with Crippen LogP contribution in [0, 0.1) is 13.8 Å². The zero-order valence-electron chi connectivity index (χ0n) is 11.6. The van der Waals surface area contributed by atoms with Crippen molar-refractivity contribution >= 4 is 33.5 Å². The largest absolute Gasteiger partial charge is 0.478 e. The minimum atomic E-state index is -1.02. The van der Waals surface area contributed by atoms with E-state index in [9.17, 15) is 9.59 Å². The van der Waals surface area contributed by atoms with Crippen molar-refractivity contribution in [2.75, 3.05) is 5.32 Å². The SMILES string of the molecule is Cc1ccc(C(=O)O)cc1NC(=O)c1cccc(Br)c1C. The first-order valence-corrected chi connectivity index (χ1v) is 7.10. The maximum Gasteiger partial charge on any atom is 0.335 e. The van der Waals surface area contributed by atoms with Gasteiger partial charge < -0.3 is 10.4 Å². The van der Waals surface area contributed by atoms with Gasteiger partial charge in [-0.05, 0) is 49.2 Å². The molecule has 2 aromatic rings. The minimum absolute atomic E-state index is 0.141. The van der Waals surface area contributed by atoms with Gasteiger partial charge in [-0.2, -0.15) is 0 Å². The van der Waals surface area contributed by atoms with E-state index < -0.39 is 5.97 Å². The topological polar surface area (TPSA) is 66.4 Å². The Morgan fingerprint density at radius 1 is 1.14 bits per heavy atom. The fourth-order valence-electron chi connectivity index (χ4n) is 1.93. The van der Waals surface area contributed by atoms with Crippen LogP contribution in [-0.2, 0) is 0 Å². The highest BCUT2D eigenvalue weighted by molar-refractivity contribution is 9.10. The van der Waals surface area contributed by atoms with E-state index >= 15 is 0 Å². The number of rotatable bonds is 3. The van der Waals surface area contributed by atoms with Crippen molar-refractivity contribution in [3.8, 4) is 0 Å². The van der Waals surface area contributed by atoms with Crippen LogP contribution in [0.2, 0.25) is 0 Å². The number of anilines is 1. The predicted molar refractivity (Wildman–Crippen MR) is 85.0 cm³/mol. The van der Waals surface area contributed by atoms with Gasteiger partial charge in [0.2, 0.25) is 0 Å². The predicted octanol–water partition coefficient (Wildman–Crippen LogP) is 4.02. The third-order valence-corrected chi connectivity index (χ3v) is 4.10. The van der Waals surface area contributed by atoms with Gasteiger partial charge in [0.25, 0.3) is 5.91 Å². The second-order valence-electron chi connectivity index (χ2n) is 4.70. The van der Waals surface area contributed by atoms with E-state index in [1.807, 2.05) is 19.9 Å². The highest BCUT2D eigenvalue weighted by Gasteiger charge is 2.13. The van der Waals surface area contributed by atoms with E-state index in [0.29, 0.717) is 11.3 Å². The Bertz CT molecular complexity index is 725. The molecule has 108 valence electrons. The van der Waals surface area contributed by atoms with Crippen molar-refractivity contribution < 1.29 is 14.7 Å². The molecule has 1 amide bonds. The fraction of sp³-hybridized carbons (Fsp3) is 0.125. The quantitative estimate of drug-likeness (QED) is 0.881. The Morgan fingerprint density at radius 2 is 1.86 bits per heavy atom. The first-order chi connectivity index (χ1) is 9.90. The number of carbonyl (C=O) groups excluding carboxylic acids is 1. The van der Waals surface area contributed by atoms with E-state index in [4.69, 9.17) is 5.11 Å². The van der Waals surface area contributed by atoms with E-state index in [1.165, 1.54) is 12.1 Å². The van der Waals surface area contributed by atoms with Crippen molar-refractivity contribution in [2.24, 2.45) is 0 Å². The average Bonchev–Trinajstić information content (AvgIpc) is 2.43. The highest BCUT2D eigenvalue weighted by atomic mass is 79.9. The van der Waals surface area contributed by atoms with Crippen LogP contribution in [0.5, 0.6) is 0 Å². The van der Waals surface area contributed by atoms with Crippen LogP contribution in [0.1, 0.15) is 31.8 Å². The molecule has 2 N–H and O–H groups in total. The van der Waals surface area contributed by atoms with E-state index in [1.54, 1.807) is 18.2 Å². The zero-order valence-corrected chi connectivity index (χ0v) is 13.2. The smallest absolute Gasteiger partial charge is 0.335 e. The summed E-state index contributed by atoms with van der Waals surface area (Å²) < 4.78 is 0.853. The highest BCUT2D eigenvalue weighted by Crippen LogP contribution is 2.22. The van der Waals surface area contributed by atoms with Crippen LogP contribution in [0.4, 0.5) is 5.69 Å². The number of carboxylic acids is 1. The molecule has 0 aliphatic heterocycles. The third kappa shape index (κ3) is 3.31. The standard InChI is InChI=1S/C16H14BrNO3/c1-9-6-7-11(16(20)21)8-14(9)18-15(19)12-4-3-5-13(17)10(12)2/h3-8H,1-2H3,(H,18,19)(H,20,21). The Kier molecular flexibility index (Phi) is 4.43. The molecule has 0 heterocycles. The molecule has 0 aliphatic rings. The van der Waals surface area contributed by atoms with Crippen molar-refractivity contribution in [2.45, 2.75) is 13.8 Å². The van der Waals surface area contributed by atoms with Gasteiger partial charge in [-0.3, -0.25) is 4.79 Å². The number of amides is 1. The lowest BCUT2D eigenvalue weighted by atomic mass is 10.1. The number of aryl methyl sites for hydroxylation is 1. The average molecular weight is 348 g/mol. The zero-order chi connectivity index (χ0) is 15.6. The molecule has 0 aromatic heterocycles. The third-order valence-electron chi connectivity index (χ3n) is 3.25. The summed E-state index contributed by atoms with van der Waals surface area (Å²) in [5.74, 6) is -1.29. The van der Waals surface area contributed by atoms with Crippen LogP contribution >= 0.6 is 15.9 Å². The maximum atomic E-state index is 12.3. The van der Waals surface area contributed by atoms with Crippen molar-refractivity contribution in [1.29, 1.82) is 0 Å². The number of halogens is 1. The molecule has 0 atom stereocenters. The van der Waals surface area contributed by atoms with E-state index in [-0.39, 0.29) is 11.5 Å². The minimum Gasteiger partial charge on any atom is -0.478 e. The van der Waals surface area contributed by atoms with Gasteiger partial charge >= 0.3 is 5.97 Å². The molecule has 5 heteroatoms. The van der Waals surface area contributed by atoms with Gasteiger partial charge in [-0.15, -0.1) is 0 Å². The summed E-state index contributed by atoms with van der Waals surface area (Å²) in [5.41, 5.74) is 2.83. The van der Waals surface area contributed by atoms with Gasteiger partial charge in [0.15, 0.2) is 0 Å². The molecule has 0 saturated heterocycles. The van der Waals surface area contributed by atoms with Crippen LogP contribution in [0.25, 0.3) is 0 Å². The second kappa shape index (κ2) is 6.10. The molecule has 21 heavy (non-hydrogen) atoms. The molecule has 4 nitrogen and oxygen atoms in total. The molecule has 0 fully saturated rings. The van der Waals surface area contributed by atoms with E-state index in [0.717, 1.165) is 15.6 Å². The molecule has 0 spiro atoms. The Labute approximate surface area is 130 Å². The Balaban J connectivity index is 2.33. The molecule has 2 aromatic carbocycles. The normalized spacial score (nSPS) is 10.2. The van der Waals surface area contributed by atoms with Crippen molar-refractivity contribution in [3.63, 3.8) is 0 Å². The van der Waals surface area contributed by atoms with Gasteiger partial charge in [-0.25, -0.2) is 4.79 Å². The van der Waals surface area contributed by atoms with Gasteiger partial charge in [-0.1, -0.05) is 28.1 Å². The lowest BCUT2D eigenvalue weighted by Gasteiger charge is -2.11. The van der Waals surface area contributed by atoms with Crippen LogP contribution in [0.3, 0.4) is 0 Å².